The quantitative estimate of drug-likeness (QED) is 0.868. The fourth-order valence-corrected chi connectivity index (χ4v) is 3.90. The number of likely N-dealkylation sites (tertiary alicyclic amines) is 1. The molecule has 0 aromatic heterocycles. The molecule has 1 saturated heterocycles. The molecule has 1 heterocycles. The van der Waals surface area contributed by atoms with E-state index in [0.29, 0.717) is 4.99 Å². The van der Waals surface area contributed by atoms with Crippen LogP contribution < -0.4 is 5.73 Å². The molecule has 0 radical (unpaired) electrons. The first-order valence-electron chi connectivity index (χ1n) is 6.94. The number of rotatable bonds is 3. The molecule has 4 heteroatoms. The predicted octanol–water partition coefficient (Wildman–Crippen LogP) is 3.21. The monoisotopic (exact) mass is 294 g/mol. The van der Waals surface area contributed by atoms with Gasteiger partial charge >= 0.3 is 0 Å². The van der Waals surface area contributed by atoms with Crippen LogP contribution in [0.25, 0.3) is 0 Å². The van der Waals surface area contributed by atoms with Gasteiger partial charge in [-0.2, -0.15) is 0 Å². The molecule has 2 unspecified atom stereocenters. The number of benzene rings is 1. The third-order valence-corrected chi connectivity index (χ3v) is 5.12. The minimum atomic E-state index is 0.407. The van der Waals surface area contributed by atoms with Gasteiger partial charge in [0.05, 0.1) is 0 Å². The Kier molecular flexibility index (Phi) is 3.79. The van der Waals surface area contributed by atoms with Crippen molar-refractivity contribution in [2.75, 3.05) is 13.1 Å². The first kappa shape index (κ1) is 13.3. The lowest BCUT2D eigenvalue weighted by atomic mass is 10.0. The van der Waals surface area contributed by atoms with E-state index in [1.165, 1.54) is 37.9 Å². The Labute approximate surface area is 124 Å². The van der Waals surface area contributed by atoms with Gasteiger partial charge in [-0.05, 0) is 36.3 Å². The van der Waals surface area contributed by atoms with Crippen LogP contribution in [-0.4, -0.2) is 23.0 Å². The highest BCUT2D eigenvalue weighted by atomic mass is 35.5. The lowest BCUT2D eigenvalue weighted by Crippen LogP contribution is -2.21. The molecule has 2 N–H and O–H groups in total. The summed E-state index contributed by atoms with van der Waals surface area (Å²) in [7, 11) is 0. The molecule has 102 valence electrons. The van der Waals surface area contributed by atoms with Crippen molar-refractivity contribution in [3.8, 4) is 0 Å². The van der Waals surface area contributed by atoms with Gasteiger partial charge in [-0.3, -0.25) is 4.90 Å². The Morgan fingerprint density at radius 2 is 2.00 bits per heavy atom. The Bertz CT molecular complexity index is 491. The van der Waals surface area contributed by atoms with E-state index >= 15 is 0 Å². The summed E-state index contributed by atoms with van der Waals surface area (Å²) in [5.41, 5.74) is 7.65. The van der Waals surface area contributed by atoms with E-state index in [1.54, 1.807) is 0 Å². The Hall–Kier alpha value is -0.640. The summed E-state index contributed by atoms with van der Waals surface area (Å²) in [6.07, 6.45) is 4.25. The number of hydrogen-bond donors (Lipinski definition) is 1. The van der Waals surface area contributed by atoms with E-state index in [0.717, 1.165) is 29.0 Å². The van der Waals surface area contributed by atoms with Gasteiger partial charge < -0.3 is 5.73 Å². The molecule has 19 heavy (non-hydrogen) atoms. The Morgan fingerprint density at radius 3 is 2.58 bits per heavy atom. The van der Waals surface area contributed by atoms with E-state index in [2.05, 4.69) is 11.0 Å². The SMILES string of the molecule is NC(=S)c1ccc(CN2CC3CCCC3C2)c(Cl)c1. The molecule has 2 atom stereocenters. The first-order chi connectivity index (χ1) is 9.13. The molecular weight excluding hydrogens is 276 g/mol. The molecule has 2 fully saturated rings. The second-order valence-electron chi connectivity index (χ2n) is 5.82. The van der Waals surface area contributed by atoms with Crippen LogP contribution in [0.2, 0.25) is 5.02 Å². The van der Waals surface area contributed by atoms with Gasteiger partial charge in [0.15, 0.2) is 0 Å². The maximum atomic E-state index is 6.33. The van der Waals surface area contributed by atoms with Gasteiger partial charge in [0.25, 0.3) is 0 Å². The lowest BCUT2D eigenvalue weighted by Gasteiger charge is -2.18. The minimum Gasteiger partial charge on any atom is -0.389 e. The van der Waals surface area contributed by atoms with Crippen LogP contribution in [0, 0.1) is 11.8 Å². The molecule has 0 bridgehead atoms. The maximum absolute atomic E-state index is 6.33. The zero-order valence-electron chi connectivity index (χ0n) is 10.9. The highest BCUT2D eigenvalue weighted by molar-refractivity contribution is 7.80. The van der Waals surface area contributed by atoms with E-state index in [4.69, 9.17) is 29.6 Å². The molecule has 0 spiro atoms. The van der Waals surface area contributed by atoms with Crippen molar-refractivity contribution < 1.29 is 0 Å². The highest BCUT2D eigenvalue weighted by Gasteiger charge is 2.35. The van der Waals surface area contributed by atoms with Crippen LogP contribution in [0.5, 0.6) is 0 Å². The number of hydrogen-bond acceptors (Lipinski definition) is 2. The van der Waals surface area contributed by atoms with Crippen LogP contribution in [0.3, 0.4) is 0 Å². The van der Waals surface area contributed by atoms with Crippen LogP contribution in [-0.2, 0) is 6.54 Å². The van der Waals surface area contributed by atoms with E-state index in [1.807, 2.05) is 12.1 Å². The molecule has 0 amide bonds. The molecular formula is C15H19ClN2S. The van der Waals surface area contributed by atoms with Gasteiger partial charge in [0, 0.05) is 30.2 Å². The zero-order valence-corrected chi connectivity index (χ0v) is 12.5. The van der Waals surface area contributed by atoms with Crippen molar-refractivity contribution in [2.45, 2.75) is 25.8 Å². The molecule has 2 nitrogen and oxygen atoms in total. The molecule has 1 aliphatic heterocycles. The average molecular weight is 295 g/mol. The van der Waals surface area contributed by atoms with Gasteiger partial charge in [0.1, 0.15) is 4.99 Å². The number of nitrogens with zero attached hydrogens (tertiary/aromatic N) is 1. The van der Waals surface area contributed by atoms with Gasteiger partial charge in [-0.15, -0.1) is 0 Å². The van der Waals surface area contributed by atoms with E-state index in [-0.39, 0.29) is 0 Å². The first-order valence-corrected chi connectivity index (χ1v) is 7.72. The summed E-state index contributed by atoms with van der Waals surface area (Å²) in [6.45, 7) is 3.42. The van der Waals surface area contributed by atoms with Crippen molar-refractivity contribution in [1.29, 1.82) is 0 Å². The third-order valence-electron chi connectivity index (χ3n) is 4.53. The summed E-state index contributed by atoms with van der Waals surface area (Å²) in [6, 6.07) is 5.92. The fourth-order valence-electron chi connectivity index (χ4n) is 3.53. The predicted molar refractivity (Wildman–Crippen MR) is 83.4 cm³/mol. The Balaban J connectivity index is 1.69. The van der Waals surface area contributed by atoms with Crippen molar-refractivity contribution >= 4 is 28.8 Å². The summed E-state index contributed by atoms with van der Waals surface area (Å²) in [5.74, 6) is 1.85. The van der Waals surface area contributed by atoms with Gasteiger partial charge in [-0.25, -0.2) is 0 Å². The molecule has 1 aromatic carbocycles. The van der Waals surface area contributed by atoms with Crippen LogP contribution in [0.4, 0.5) is 0 Å². The van der Waals surface area contributed by atoms with Crippen molar-refractivity contribution in [3.63, 3.8) is 0 Å². The second-order valence-corrected chi connectivity index (χ2v) is 6.66. The standard InChI is InChI=1S/C15H19ClN2S/c16-14-6-10(15(17)19)4-5-13(14)9-18-7-11-2-1-3-12(11)8-18/h4-6,11-12H,1-3,7-9H2,(H2,17,19). The van der Waals surface area contributed by atoms with E-state index in [9.17, 15) is 0 Å². The van der Waals surface area contributed by atoms with Crippen molar-refractivity contribution in [1.82, 2.24) is 4.90 Å². The number of nitrogens with two attached hydrogens (primary N) is 1. The smallest absolute Gasteiger partial charge is 0.104 e. The summed E-state index contributed by atoms with van der Waals surface area (Å²) in [5, 5.41) is 0.780. The molecule has 1 saturated carbocycles. The molecule has 3 rings (SSSR count). The topological polar surface area (TPSA) is 29.3 Å². The number of thiocarbonyl (C=S) groups is 1. The molecule has 1 aromatic rings. The van der Waals surface area contributed by atoms with Crippen LogP contribution in [0.15, 0.2) is 18.2 Å². The minimum absolute atomic E-state index is 0.407. The van der Waals surface area contributed by atoms with E-state index < -0.39 is 0 Å². The maximum Gasteiger partial charge on any atom is 0.104 e. The highest BCUT2D eigenvalue weighted by Crippen LogP contribution is 2.38. The van der Waals surface area contributed by atoms with Crippen LogP contribution in [0.1, 0.15) is 30.4 Å². The number of fused-ring (bicyclic) bond motifs is 1. The summed E-state index contributed by atoms with van der Waals surface area (Å²) >= 11 is 11.3. The molecule has 1 aliphatic carbocycles. The lowest BCUT2D eigenvalue weighted by molar-refractivity contribution is 0.303. The molecule has 2 aliphatic rings. The summed E-state index contributed by atoms with van der Waals surface area (Å²) in [4.78, 5) is 2.94. The third kappa shape index (κ3) is 2.78. The van der Waals surface area contributed by atoms with Crippen molar-refractivity contribution in [3.05, 3.63) is 34.3 Å². The normalized spacial score (nSPS) is 26.6. The summed E-state index contributed by atoms with van der Waals surface area (Å²) < 4.78 is 0. The fraction of sp³-hybridized carbons (Fsp3) is 0.533. The van der Waals surface area contributed by atoms with Crippen molar-refractivity contribution in [2.24, 2.45) is 17.6 Å². The zero-order chi connectivity index (χ0) is 13.4. The van der Waals surface area contributed by atoms with Crippen LogP contribution >= 0.6 is 23.8 Å². The van der Waals surface area contributed by atoms with Gasteiger partial charge in [-0.1, -0.05) is 42.4 Å². The van der Waals surface area contributed by atoms with Gasteiger partial charge in [0.2, 0.25) is 0 Å². The average Bonchev–Trinajstić information content (AvgIpc) is 2.92. The Morgan fingerprint density at radius 1 is 1.32 bits per heavy atom. The second kappa shape index (κ2) is 5.39. The number of halogens is 1. The largest absolute Gasteiger partial charge is 0.389 e.